The number of phenols is 1. The lowest BCUT2D eigenvalue weighted by atomic mass is 9.88. The minimum absolute atomic E-state index is 0.141. The first kappa shape index (κ1) is 18.6. The van der Waals surface area contributed by atoms with Crippen LogP contribution in [0.15, 0.2) is 35.9 Å². The zero-order valence-corrected chi connectivity index (χ0v) is 15.9. The molecular formula is C22H32O2. The van der Waals surface area contributed by atoms with Crippen LogP contribution in [-0.4, -0.2) is 10.7 Å². The second kappa shape index (κ2) is 7.92. The van der Waals surface area contributed by atoms with Crippen LogP contribution in [0, 0.1) is 12.8 Å². The molecule has 0 saturated carbocycles. The van der Waals surface area contributed by atoms with Gasteiger partial charge in [0.1, 0.15) is 17.1 Å². The third kappa shape index (κ3) is 5.15. The maximum absolute atomic E-state index is 10.1. The fourth-order valence-corrected chi connectivity index (χ4v) is 3.22. The summed E-state index contributed by atoms with van der Waals surface area (Å²) in [4.78, 5) is 0. The summed E-state index contributed by atoms with van der Waals surface area (Å²) in [7, 11) is 0. The number of allylic oxidation sites excluding steroid dienone is 4. The van der Waals surface area contributed by atoms with Crippen LogP contribution in [0.4, 0.5) is 0 Å². The van der Waals surface area contributed by atoms with E-state index in [4.69, 9.17) is 4.74 Å². The van der Waals surface area contributed by atoms with E-state index in [1.807, 2.05) is 19.1 Å². The fourth-order valence-electron chi connectivity index (χ4n) is 3.22. The third-order valence-electron chi connectivity index (χ3n) is 4.72. The van der Waals surface area contributed by atoms with Gasteiger partial charge in [-0.1, -0.05) is 37.6 Å². The molecule has 1 aromatic carbocycles. The Morgan fingerprint density at radius 1 is 1.38 bits per heavy atom. The van der Waals surface area contributed by atoms with Crippen molar-refractivity contribution in [2.45, 2.75) is 72.3 Å². The lowest BCUT2D eigenvalue weighted by Crippen LogP contribution is -2.36. The van der Waals surface area contributed by atoms with Gasteiger partial charge in [-0.05, 0) is 76.5 Å². The van der Waals surface area contributed by atoms with E-state index in [-0.39, 0.29) is 5.60 Å². The van der Waals surface area contributed by atoms with Crippen LogP contribution >= 0.6 is 0 Å². The van der Waals surface area contributed by atoms with Gasteiger partial charge < -0.3 is 9.84 Å². The van der Waals surface area contributed by atoms with Crippen molar-refractivity contribution in [1.29, 1.82) is 0 Å². The van der Waals surface area contributed by atoms with Gasteiger partial charge in [-0.3, -0.25) is 0 Å². The first-order chi connectivity index (χ1) is 11.3. The highest BCUT2D eigenvalue weighted by Gasteiger charge is 2.32. The molecule has 0 spiro atoms. The molecule has 0 aliphatic carbocycles. The van der Waals surface area contributed by atoms with Crippen LogP contribution in [0.1, 0.15) is 64.5 Å². The number of ether oxygens (including phenoxy) is 1. The van der Waals surface area contributed by atoms with Crippen LogP contribution in [-0.2, 0) is 6.42 Å². The Bertz CT molecular complexity index is 625. The quantitative estimate of drug-likeness (QED) is 0.638. The zero-order valence-electron chi connectivity index (χ0n) is 15.9. The highest BCUT2D eigenvalue weighted by Crippen LogP contribution is 2.40. The highest BCUT2D eigenvalue weighted by molar-refractivity contribution is 5.48. The van der Waals surface area contributed by atoms with Crippen molar-refractivity contribution in [3.8, 4) is 11.5 Å². The molecule has 1 aliphatic rings. The monoisotopic (exact) mass is 328 g/mol. The fraction of sp³-hybridized carbons (Fsp3) is 0.545. The Balaban J connectivity index is 1.93. The van der Waals surface area contributed by atoms with Gasteiger partial charge in [0, 0.05) is 5.56 Å². The minimum Gasteiger partial charge on any atom is -0.508 e. The van der Waals surface area contributed by atoms with Crippen molar-refractivity contribution in [1.82, 2.24) is 0 Å². The van der Waals surface area contributed by atoms with Gasteiger partial charge in [-0.2, -0.15) is 0 Å². The number of aryl methyl sites for hydroxylation is 1. The summed E-state index contributed by atoms with van der Waals surface area (Å²) in [5.41, 5.74) is 3.28. The first-order valence-corrected chi connectivity index (χ1v) is 9.13. The van der Waals surface area contributed by atoms with Gasteiger partial charge in [0.2, 0.25) is 0 Å². The van der Waals surface area contributed by atoms with Gasteiger partial charge in [0.25, 0.3) is 0 Å². The Morgan fingerprint density at radius 3 is 2.83 bits per heavy atom. The Labute approximate surface area is 147 Å². The third-order valence-corrected chi connectivity index (χ3v) is 4.72. The molecule has 1 atom stereocenters. The Hall–Kier alpha value is -1.70. The predicted molar refractivity (Wildman–Crippen MR) is 102 cm³/mol. The number of fused-ring (bicyclic) bond motifs is 1. The number of rotatable bonds is 6. The zero-order chi connectivity index (χ0) is 17.7. The predicted octanol–water partition coefficient (Wildman–Crippen LogP) is 6.11. The number of hydrogen-bond acceptors (Lipinski definition) is 2. The van der Waals surface area contributed by atoms with Gasteiger partial charge in [-0.25, -0.2) is 0 Å². The van der Waals surface area contributed by atoms with E-state index in [0.29, 0.717) is 11.7 Å². The topological polar surface area (TPSA) is 29.5 Å². The van der Waals surface area contributed by atoms with Crippen molar-refractivity contribution < 1.29 is 9.84 Å². The van der Waals surface area contributed by atoms with Crippen molar-refractivity contribution in [2.24, 2.45) is 5.92 Å². The van der Waals surface area contributed by atoms with Crippen LogP contribution in [0.2, 0.25) is 0 Å². The highest BCUT2D eigenvalue weighted by atomic mass is 16.5. The van der Waals surface area contributed by atoms with Crippen LogP contribution in [0.25, 0.3) is 0 Å². The van der Waals surface area contributed by atoms with Crippen molar-refractivity contribution in [2.75, 3.05) is 0 Å². The lowest BCUT2D eigenvalue weighted by Gasteiger charge is -2.36. The molecule has 1 aliphatic heterocycles. The van der Waals surface area contributed by atoms with Crippen molar-refractivity contribution in [3.63, 3.8) is 0 Å². The van der Waals surface area contributed by atoms with Crippen molar-refractivity contribution >= 4 is 0 Å². The molecule has 0 radical (unpaired) electrons. The van der Waals surface area contributed by atoms with E-state index < -0.39 is 0 Å². The van der Waals surface area contributed by atoms with E-state index in [1.54, 1.807) is 0 Å². The first-order valence-electron chi connectivity index (χ1n) is 9.13. The molecule has 2 nitrogen and oxygen atoms in total. The van der Waals surface area contributed by atoms with Crippen LogP contribution < -0.4 is 4.74 Å². The molecule has 0 bridgehead atoms. The van der Waals surface area contributed by atoms with E-state index >= 15 is 0 Å². The molecule has 132 valence electrons. The molecule has 0 saturated heterocycles. The summed E-state index contributed by atoms with van der Waals surface area (Å²) in [6.45, 7) is 10.8. The summed E-state index contributed by atoms with van der Waals surface area (Å²) >= 11 is 0. The summed E-state index contributed by atoms with van der Waals surface area (Å²) in [5.74, 6) is 1.86. The molecule has 24 heavy (non-hydrogen) atoms. The maximum atomic E-state index is 10.1. The smallest absolute Gasteiger partial charge is 0.127 e. The van der Waals surface area contributed by atoms with Gasteiger partial charge in [0.15, 0.2) is 0 Å². The molecule has 1 heterocycles. The van der Waals surface area contributed by atoms with Crippen LogP contribution in [0.5, 0.6) is 11.5 Å². The Kier molecular flexibility index (Phi) is 6.15. The van der Waals surface area contributed by atoms with E-state index in [0.717, 1.165) is 49.0 Å². The molecular weight excluding hydrogens is 296 g/mol. The largest absolute Gasteiger partial charge is 0.508 e. The molecule has 0 amide bonds. The molecule has 0 unspecified atom stereocenters. The van der Waals surface area contributed by atoms with Crippen molar-refractivity contribution in [3.05, 3.63) is 47.1 Å². The van der Waals surface area contributed by atoms with Gasteiger partial charge in [-0.15, -0.1) is 0 Å². The average Bonchev–Trinajstić information content (AvgIpc) is 2.45. The number of hydrogen-bond donors (Lipinski definition) is 1. The summed E-state index contributed by atoms with van der Waals surface area (Å²) < 4.78 is 6.27. The van der Waals surface area contributed by atoms with E-state index in [9.17, 15) is 5.11 Å². The maximum Gasteiger partial charge on any atom is 0.127 e. The average molecular weight is 328 g/mol. The summed E-state index contributed by atoms with van der Waals surface area (Å²) in [6, 6.07) is 3.87. The molecule has 1 aromatic rings. The molecule has 2 rings (SSSR count). The van der Waals surface area contributed by atoms with E-state index in [1.165, 1.54) is 5.57 Å². The molecule has 1 N–H and O–H groups in total. The summed E-state index contributed by atoms with van der Waals surface area (Å²) in [5, 5.41) is 10.1. The van der Waals surface area contributed by atoms with E-state index in [2.05, 4.69) is 45.9 Å². The number of phenolic OH excluding ortho intramolecular Hbond substituents is 1. The lowest BCUT2D eigenvalue weighted by molar-refractivity contribution is 0.0563. The Morgan fingerprint density at radius 2 is 2.12 bits per heavy atom. The normalized spacial score (nSPS) is 21.2. The molecule has 2 heteroatoms. The van der Waals surface area contributed by atoms with Gasteiger partial charge in [0.05, 0.1) is 0 Å². The molecule has 0 aromatic heterocycles. The number of benzene rings is 1. The second-order valence-electron chi connectivity index (χ2n) is 7.78. The van der Waals surface area contributed by atoms with Crippen LogP contribution in [0.3, 0.4) is 0 Å². The second-order valence-corrected chi connectivity index (χ2v) is 7.78. The summed E-state index contributed by atoms with van der Waals surface area (Å²) in [6.07, 6.45) is 11.8. The minimum atomic E-state index is -0.141. The standard InChI is InChI=1S/C22H32O2/c1-16(2)8-6-9-17(3)10-7-12-22(5)13-11-19-20(23)14-18(4)15-21(19)24-22/h6,8,10,14-16,23H,7,9,11-13H2,1-5H3/b8-6+,17-10+/t22-/m1/s1. The SMILES string of the molecule is C/C(=C\CC[C@]1(C)CCc2c(O)cc(C)cc2O1)C/C=C/C(C)C. The van der Waals surface area contributed by atoms with Gasteiger partial charge >= 0.3 is 0 Å². The number of aromatic hydroxyl groups is 1. The molecule has 0 fully saturated rings.